The summed E-state index contributed by atoms with van der Waals surface area (Å²) in [6.45, 7) is 11.0. The van der Waals surface area contributed by atoms with Gasteiger partial charge in [0.15, 0.2) is 0 Å². The Morgan fingerprint density at radius 3 is 2.26 bits per heavy atom. The van der Waals surface area contributed by atoms with Gasteiger partial charge < -0.3 is 4.74 Å². The first-order chi connectivity index (χ1) is 10.8. The molecule has 0 aliphatic heterocycles. The van der Waals surface area contributed by atoms with Crippen molar-refractivity contribution in [2.24, 2.45) is 5.41 Å². The number of allylic oxidation sites excluding steroid dienone is 9. The molecule has 0 amide bonds. The zero-order valence-electron chi connectivity index (χ0n) is 15.4. The number of carbonyl (C=O) groups excluding carboxylic acids is 1. The molecule has 2 nitrogen and oxygen atoms in total. The summed E-state index contributed by atoms with van der Waals surface area (Å²) < 4.78 is 4.58. The average Bonchev–Trinajstić information content (AvgIpc) is 2.49. The molecule has 0 unspecified atom stereocenters. The van der Waals surface area contributed by atoms with E-state index < -0.39 is 0 Å². The van der Waals surface area contributed by atoms with Crippen molar-refractivity contribution >= 4 is 5.97 Å². The first-order valence-corrected chi connectivity index (χ1v) is 8.26. The van der Waals surface area contributed by atoms with Crippen molar-refractivity contribution < 1.29 is 9.53 Å². The van der Waals surface area contributed by atoms with Crippen LogP contribution in [0.3, 0.4) is 0 Å². The zero-order chi connectivity index (χ0) is 17.5. The van der Waals surface area contributed by atoms with Gasteiger partial charge in [0.25, 0.3) is 0 Å². The third-order valence-corrected chi connectivity index (χ3v) is 4.35. The summed E-state index contributed by atoms with van der Waals surface area (Å²) in [6, 6.07) is 0. The van der Waals surface area contributed by atoms with E-state index in [2.05, 4.69) is 50.7 Å². The third-order valence-electron chi connectivity index (χ3n) is 4.35. The second kappa shape index (κ2) is 8.71. The first-order valence-electron chi connectivity index (χ1n) is 8.26. The Hall–Kier alpha value is -1.83. The van der Waals surface area contributed by atoms with Crippen LogP contribution in [0, 0.1) is 5.41 Å². The van der Waals surface area contributed by atoms with Gasteiger partial charge in [-0.25, -0.2) is 4.79 Å². The molecule has 0 atom stereocenters. The van der Waals surface area contributed by atoms with Crippen molar-refractivity contribution in [3.05, 3.63) is 58.7 Å². The molecule has 0 heterocycles. The van der Waals surface area contributed by atoms with Crippen molar-refractivity contribution in [3.8, 4) is 0 Å². The van der Waals surface area contributed by atoms with Crippen LogP contribution in [-0.4, -0.2) is 13.1 Å². The van der Waals surface area contributed by atoms with Gasteiger partial charge in [-0.3, -0.25) is 0 Å². The SMILES string of the molecule is COC(=O)/C=C/C(C)=C/C=C(C)/C=C/C1=C(C)CCCC1(C)C. The monoisotopic (exact) mass is 314 g/mol. The number of esters is 1. The minimum atomic E-state index is -0.333. The number of carbonyl (C=O) groups is 1. The molecule has 0 radical (unpaired) electrons. The van der Waals surface area contributed by atoms with Crippen LogP contribution in [0.25, 0.3) is 0 Å². The number of methoxy groups -OCH3 is 1. The third kappa shape index (κ3) is 6.43. The van der Waals surface area contributed by atoms with Crippen LogP contribution in [0.1, 0.15) is 53.9 Å². The van der Waals surface area contributed by atoms with Gasteiger partial charge in [-0.15, -0.1) is 0 Å². The average molecular weight is 314 g/mol. The van der Waals surface area contributed by atoms with Crippen LogP contribution >= 0.6 is 0 Å². The molecule has 23 heavy (non-hydrogen) atoms. The van der Waals surface area contributed by atoms with Gasteiger partial charge in [-0.1, -0.05) is 60.9 Å². The fourth-order valence-electron chi connectivity index (χ4n) is 2.87. The molecule has 0 bridgehead atoms. The molecular formula is C21H30O2. The Balaban J connectivity index is 2.80. The van der Waals surface area contributed by atoms with Gasteiger partial charge >= 0.3 is 5.97 Å². The Morgan fingerprint density at radius 1 is 1.09 bits per heavy atom. The molecule has 0 saturated heterocycles. The Labute approximate surface area is 141 Å². The zero-order valence-corrected chi connectivity index (χ0v) is 15.4. The lowest BCUT2D eigenvalue weighted by Crippen LogP contribution is -2.19. The van der Waals surface area contributed by atoms with Crippen molar-refractivity contribution in [2.45, 2.75) is 53.9 Å². The quantitative estimate of drug-likeness (QED) is 0.370. The van der Waals surface area contributed by atoms with Crippen LogP contribution in [0.15, 0.2) is 58.7 Å². The van der Waals surface area contributed by atoms with Crippen LogP contribution < -0.4 is 0 Å². The number of hydrogen-bond donors (Lipinski definition) is 0. The van der Waals surface area contributed by atoms with E-state index in [1.165, 1.54) is 49.2 Å². The highest BCUT2D eigenvalue weighted by Gasteiger charge is 2.26. The van der Waals surface area contributed by atoms with E-state index in [-0.39, 0.29) is 11.4 Å². The van der Waals surface area contributed by atoms with E-state index in [9.17, 15) is 4.79 Å². The maximum Gasteiger partial charge on any atom is 0.330 e. The van der Waals surface area contributed by atoms with E-state index >= 15 is 0 Å². The maximum absolute atomic E-state index is 11.1. The molecule has 1 aliphatic rings. The molecule has 1 aliphatic carbocycles. The molecule has 0 aromatic carbocycles. The summed E-state index contributed by atoms with van der Waals surface area (Å²) in [5.41, 5.74) is 5.46. The Bertz CT molecular complexity index is 581. The number of ether oxygens (including phenoxy) is 1. The maximum atomic E-state index is 11.1. The Kier molecular flexibility index (Phi) is 7.28. The predicted octanol–water partition coefficient (Wildman–Crippen LogP) is 5.69. The lowest BCUT2D eigenvalue weighted by molar-refractivity contribution is -0.134. The predicted molar refractivity (Wildman–Crippen MR) is 98.1 cm³/mol. The van der Waals surface area contributed by atoms with E-state index in [1.807, 2.05) is 13.0 Å². The highest BCUT2D eigenvalue weighted by molar-refractivity contribution is 5.82. The van der Waals surface area contributed by atoms with E-state index in [4.69, 9.17) is 0 Å². The van der Waals surface area contributed by atoms with Gasteiger partial charge in [0, 0.05) is 6.08 Å². The molecule has 0 saturated carbocycles. The van der Waals surface area contributed by atoms with Crippen molar-refractivity contribution in [1.29, 1.82) is 0 Å². The molecule has 0 spiro atoms. The second-order valence-electron chi connectivity index (χ2n) is 6.94. The fraction of sp³-hybridized carbons (Fsp3) is 0.476. The smallest absolute Gasteiger partial charge is 0.330 e. The summed E-state index contributed by atoms with van der Waals surface area (Å²) >= 11 is 0. The highest BCUT2D eigenvalue weighted by Crippen LogP contribution is 2.40. The second-order valence-corrected chi connectivity index (χ2v) is 6.94. The molecule has 0 N–H and O–H groups in total. The lowest BCUT2D eigenvalue weighted by Gasteiger charge is -2.32. The minimum absolute atomic E-state index is 0.272. The normalized spacial score (nSPS) is 19.7. The van der Waals surface area contributed by atoms with E-state index in [0.29, 0.717) is 0 Å². The van der Waals surface area contributed by atoms with E-state index in [0.717, 1.165) is 5.57 Å². The molecule has 2 heteroatoms. The van der Waals surface area contributed by atoms with Crippen LogP contribution in [0.4, 0.5) is 0 Å². The fourth-order valence-corrected chi connectivity index (χ4v) is 2.87. The summed E-state index contributed by atoms with van der Waals surface area (Å²) in [7, 11) is 1.38. The molecule has 1 rings (SSSR count). The van der Waals surface area contributed by atoms with Gasteiger partial charge in [0.2, 0.25) is 0 Å². The largest absolute Gasteiger partial charge is 0.466 e. The summed E-state index contributed by atoms with van der Waals surface area (Å²) in [5, 5.41) is 0. The van der Waals surface area contributed by atoms with Gasteiger partial charge in [0.05, 0.1) is 7.11 Å². The van der Waals surface area contributed by atoms with Gasteiger partial charge in [-0.05, 0) is 51.0 Å². The van der Waals surface area contributed by atoms with Crippen molar-refractivity contribution in [1.82, 2.24) is 0 Å². The van der Waals surface area contributed by atoms with Crippen LogP contribution in [0.2, 0.25) is 0 Å². The highest BCUT2D eigenvalue weighted by atomic mass is 16.5. The number of rotatable bonds is 5. The summed E-state index contributed by atoms with van der Waals surface area (Å²) in [6.07, 6.45) is 15.5. The standard InChI is InChI=1S/C21H30O2/c1-16(9-10-17(2)12-14-20(22)23-6)11-13-19-18(3)8-7-15-21(19,4)5/h9-14H,7-8,15H2,1-6H3/b13-11+,14-12+,16-9+,17-10+. The molecule has 0 fully saturated rings. The number of hydrogen-bond acceptors (Lipinski definition) is 2. The van der Waals surface area contributed by atoms with Gasteiger partial charge in [0.1, 0.15) is 0 Å². The molecule has 0 aromatic heterocycles. The van der Waals surface area contributed by atoms with Crippen molar-refractivity contribution in [3.63, 3.8) is 0 Å². The lowest BCUT2D eigenvalue weighted by atomic mass is 9.72. The van der Waals surface area contributed by atoms with Crippen LogP contribution in [-0.2, 0) is 9.53 Å². The minimum Gasteiger partial charge on any atom is -0.466 e. The Morgan fingerprint density at radius 2 is 1.70 bits per heavy atom. The van der Waals surface area contributed by atoms with Gasteiger partial charge in [-0.2, -0.15) is 0 Å². The molecule has 126 valence electrons. The van der Waals surface area contributed by atoms with E-state index in [1.54, 1.807) is 6.08 Å². The summed E-state index contributed by atoms with van der Waals surface area (Å²) in [4.78, 5) is 11.1. The molecular weight excluding hydrogens is 284 g/mol. The summed E-state index contributed by atoms with van der Waals surface area (Å²) in [5.74, 6) is -0.333. The molecule has 0 aromatic rings. The van der Waals surface area contributed by atoms with Crippen molar-refractivity contribution in [2.75, 3.05) is 7.11 Å². The van der Waals surface area contributed by atoms with Crippen LogP contribution in [0.5, 0.6) is 0 Å². The first kappa shape index (κ1) is 19.2. The topological polar surface area (TPSA) is 26.3 Å².